The molecule has 8 heteroatoms. The van der Waals surface area contributed by atoms with Gasteiger partial charge in [-0.1, -0.05) is 39.1 Å². The van der Waals surface area contributed by atoms with Gasteiger partial charge in [0.25, 0.3) is 0 Å². The molecule has 0 saturated carbocycles. The maximum Gasteiger partial charge on any atom is 0.244 e. The lowest BCUT2D eigenvalue weighted by Gasteiger charge is -2.17. The first-order valence-corrected chi connectivity index (χ1v) is 8.23. The van der Waals surface area contributed by atoms with Crippen LogP contribution in [-0.2, 0) is 10.0 Å². The molecule has 1 atom stereocenters. The summed E-state index contributed by atoms with van der Waals surface area (Å²) in [5.41, 5.74) is 0. The topological polar surface area (TPSA) is 37.4 Å². The zero-order chi connectivity index (χ0) is 13.5. The minimum Gasteiger partial charge on any atom is -0.207 e. The van der Waals surface area contributed by atoms with Crippen molar-refractivity contribution in [3.8, 4) is 0 Å². The fourth-order valence-electron chi connectivity index (χ4n) is 1.75. The Hall–Kier alpha value is 0.120. The Labute approximate surface area is 123 Å². The van der Waals surface area contributed by atoms with E-state index in [9.17, 15) is 12.8 Å². The molecule has 1 heterocycles. The van der Waals surface area contributed by atoms with E-state index in [4.69, 9.17) is 23.2 Å². The summed E-state index contributed by atoms with van der Waals surface area (Å²) in [6, 6.07) is 2.42. The van der Waals surface area contributed by atoms with Crippen molar-refractivity contribution in [3.63, 3.8) is 0 Å². The minimum absolute atomic E-state index is 0.114. The highest BCUT2D eigenvalue weighted by Crippen LogP contribution is 2.33. The molecular formula is C10H9BrCl2FNO2S. The van der Waals surface area contributed by atoms with E-state index in [0.717, 1.165) is 0 Å². The first-order chi connectivity index (χ1) is 8.34. The van der Waals surface area contributed by atoms with Crippen LogP contribution in [0.3, 0.4) is 0 Å². The third-order valence-corrected chi connectivity index (χ3v) is 6.14. The molecule has 1 aromatic carbocycles. The van der Waals surface area contributed by atoms with E-state index in [1.807, 2.05) is 0 Å². The number of hydrogen-bond donors (Lipinski definition) is 0. The smallest absolute Gasteiger partial charge is 0.207 e. The Morgan fingerprint density at radius 1 is 1.39 bits per heavy atom. The van der Waals surface area contributed by atoms with E-state index in [2.05, 4.69) is 15.9 Å². The molecule has 1 unspecified atom stereocenters. The average molecular weight is 377 g/mol. The Morgan fingerprint density at radius 3 is 2.61 bits per heavy atom. The largest absolute Gasteiger partial charge is 0.244 e. The van der Waals surface area contributed by atoms with E-state index >= 15 is 0 Å². The third kappa shape index (κ3) is 2.54. The Kier molecular flexibility index (Phi) is 4.23. The second kappa shape index (κ2) is 5.25. The summed E-state index contributed by atoms with van der Waals surface area (Å²) in [6.07, 6.45) is 0.715. The van der Waals surface area contributed by atoms with Gasteiger partial charge < -0.3 is 0 Å². The molecule has 1 aromatic rings. The standard InChI is InChI=1S/C10H9BrCl2FNO2S/c11-6-3-4-15(5-6)18(16,17)8-2-1-7(12)10(14)9(8)13/h1-2,6H,3-5H2. The summed E-state index contributed by atoms with van der Waals surface area (Å²) in [5, 5.41) is -0.653. The molecule has 1 fully saturated rings. The first kappa shape index (κ1) is 14.5. The van der Waals surface area contributed by atoms with Crippen LogP contribution in [0, 0.1) is 5.82 Å². The summed E-state index contributed by atoms with van der Waals surface area (Å²) in [5.74, 6) is -0.908. The van der Waals surface area contributed by atoms with Gasteiger partial charge in [-0.2, -0.15) is 4.31 Å². The van der Waals surface area contributed by atoms with Crippen LogP contribution in [0.15, 0.2) is 17.0 Å². The zero-order valence-corrected chi connectivity index (χ0v) is 13.0. The van der Waals surface area contributed by atoms with E-state index in [1.165, 1.54) is 16.4 Å². The van der Waals surface area contributed by atoms with Crippen molar-refractivity contribution >= 4 is 49.2 Å². The van der Waals surface area contributed by atoms with Gasteiger partial charge in [-0.15, -0.1) is 0 Å². The monoisotopic (exact) mass is 375 g/mol. The molecule has 0 N–H and O–H groups in total. The van der Waals surface area contributed by atoms with Crippen LogP contribution in [0.25, 0.3) is 0 Å². The number of rotatable bonds is 2. The van der Waals surface area contributed by atoms with Crippen molar-refractivity contribution in [1.82, 2.24) is 4.31 Å². The maximum atomic E-state index is 13.5. The summed E-state index contributed by atoms with van der Waals surface area (Å²) >= 11 is 14.6. The molecule has 3 nitrogen and oxygen atoms in total. The molecule has 0 aliphatic carbocycles. The summed E-state index contributed by atoms with van der Waals surface area (Å²) < 4.78 is 39.4. The van der Waals surface area contributed by atoms with Crippen molar-refractivity contribution in [2.45, 2.75) is 16.1 Å². The van der Waals surface area contributed by atoms with Crippen molar-refractivity contribution < 1.29 is 12.8 Å². The second-order valence-corrected chi connectivity index (χ2v) is 7.91. The van der Waals surface area contributed by atoms with Crippen LogP contribution < -0.4 is 0 Å². The van der Waals surface area contributed by atoms with E-state index in [-0.39, 0.29) is 14.7 Å². The quantitative estimate of drug-likeness (QED) is 0.586. The van der Waals surface area contributed by atoms with Crippen molar-refractivity contribution in [3.05, 3.63) is 28.0 Å². The average Bonchev–Trinajstić information content (AvgIpc) is 2.73. The van der Waals surface area contributed by atoms with Crippen LogP contribution in [0.1, 0.15) is 6.42 Å². The lowest BCUT2D eigenvalue weighted by Crippen LogP contribution is -2.29. The van der Waals surface area contributed by atoms with Gasteiger partial charge in [-0.05, 0) is 18.6 Å². The molecule has 1 saturated heterocycles. The third-order valence-electron chi connectivity index (χ3n) is 2.71. The second-order valence-electron chi connectivity index (χ2n) is 3.92. The normalized spacial score (nSPS) is 21.4. The van der Waals surface area contributed by atoms with Crippen molar-refractivity contribution in [2.75, 3.05) is 13.1 Å². The summed E-state index contributed by atoms with van der Waals surface area (Å²) in [4.78, 5) is -0.129. The van der Waals surface area contributed by atoms with Gasteiger partial charge in [0.2, 0.25) is 10.0 Å². The minimum atomic E-state index is -3.77. The number of alkyl halides is 1. The van der Waals surface area contributed by atoms with Gasteiger partial charge in [0, 0.05) is 17.9 Å². The highest BCUT2D eigenvalue weighted by Gasteiger charge is 2.33. The lowest BCUT2D eigenvalue weighted by molar-refractivity contribution is 0.477. The van der Waals surface area contributed by atoms with Gasteiger partial charge in [-0.25, -0.2) is 12.8 Å². The molecule has 1 aliphatic rings. The highest BCUT2D eigenvalue weighted by molar-refractivity contribution is 9.09. The van der Waals surface area contributed by atoms with E-state index < -0.39 is 20.9 Å². The van der Waals surface area contributed by atoms with Gasteiger partial charge in [0.05, 0.1) is 10.0 Å². The van der Waals surface area contributed by atoms with Crippen LogP contribution in [0.2, 0.25) is 10.0 Å². The summed E-state index contributed by atoms with van der Waals surface area (Å²) in [6.45, 7) is 0.738. The van der Waals surface area contributed by atoms with E-state index in [1.54, 1.807) is 0 Å². The van der Waals surface area contributed by atoms with Gasteiger partial charge in [-0.3, -0.25) is 0 Å². The molecule has 0 bridgehead atoms. The molecule has 0 spiro atoms. The number of sulfonamides is 1. The molecule has 1 aliphatic heterocycles. The fourth-order valence-corrected chi connectivity index (χ4v) is 4.72. The molecule has 0 amide bonds. The number of hydrogen-bond acceptors (Lipinski definition) is 2. The Balaban J connectivity index is 2.45. The highest BCUT2D eigenvalue weighted by atomic mass is 79.9. The number of nitrogens with zero attached hydrogens (tertiary/aromatic N) is 1. The molecular weight excluding hydrogens is 368 g/mol. The van der Waals surface area contributed by atoms with Crippen molar-refractivity contribution in [1.29, 1.82) is 0 Å². The summed E-state index contributed by atoms with van der Waals surface area (Å²) in [7, 11) is -3.77. The molecule has 0 aromatic heterocycles. The predicted molar refractivity (Wildman–Crippen MR) is 72.5 cm³/mol. The molecule has 0 radical (unpaired) electrons. The fraction of sp³-hybridized carbons (Fsp3) is 0.400. The van der Waals surface area contributed by atoms with Crippen LogP contribution in [-0.4, -0.2) is 30.6 Å². The van der Waals surface area contributed by atoms with Gasteiger partial charge in [0.15, 0.2) is 5.82 Å². The van der Waals surface area contributed by atoms with Crippen LogP contribution >= 0.6 is 39.1 Å². The number of halogens is 4. The van der Waals surface area contributed by atoms with Gasteiger partial charge in [0.1, 0.15) is 4.90 Å². The Morgan fingerprint density at radius 2 is 2.06 bits per heavy atom. The molecule has 100 valence electrons. The first-order valence-electron chi connectivity index (χ1n) is 5.11. The Bertz CT molecular complexity index is 581. The SMILES string of the molecule is O=S(=O)(c1ccc(Cl)c(F)c1Cl)N1CCC(Br)C1. The number of benzene rings is 1. The van der Waals surface area contributed by atoms with Crippen LogP contribution in [0.4, 0.5) is 4.39 Å². The lowest BCUT2D eigenvalue weighted by atomic mass is 10.3. The molecule has 18 heavy (non-hydrogen) atoms. The van der Waals surface area contributed by atoms with Crippen LogP contribution in [0.5, 0.6) is 0 Å². The van der Waals surface area contributed by atoms with Crippen molar-refractivity contribution in [2.24, 2.45) is 0 Å². The maximum absolute atomic E-state index is 13.5. The molecule has 2 rings (SSSR count). The predicted octanol–water partition coefficient (Wildman–Crippen LogP) is 3.29. The zero-order valence-electron chi connectivity index (χ0n) is 9.04. The van der Waals surface area contributed by atoms with Gasteiger partial charge >= 0.3 is 0 Å². The van der Waals surface area contributed by atoms with E-state index in [0.29, 0.717) is 19.5 Å².